The van der Waals surface area contributed by atoms with Crippen molar-refractivity contribution in [3.8, 4) is 0 Å². The van der Waals surface area contributed by atoms with Crippen LogP contribution in [-0.2, 0) is 0 Å². The summed E-state index contributed by atoms with van der Waals surface area (Å²) in [6.45, 7) is 0. The van der Waals surface area contributed by atoms with Crippen molar-refractivity contribution in [3.05, 3.63) is 80.9 Å². The second-order valence-electron chi connectivity index (χ2n) is 6.00. The van der Waals surface area contributed by atoms with E-state index in [1.165, 1.54) is 11.6 Å². The van der Waals surface area contributed by atoms with Crippen LogP contribution in [0.4, 0.5) is 11.4 Å². The number of rotatable bonds is 2. The van der Waals surface area contributed by atoms with Crippen molar-refractivity contribution in [1.82, 2.24) is 0 Å². The summed E-state index contributed by atoms with van der Waals surface area (Å²) >= 11 is 6.35. The van der Waals surface area contributed by atoms with Crippen LogP contribution in [-0.4, -0.2) is 4.92 Å². The summed E-state index contributed by atoms with van der Waals surface area (Å²) < 4.78 is 0. The third-order valence-electron chi connectivity index (χ3n) is 4.80. The highest BCUT2D eigenvalue weighted by Crippen LogP contribution is 2.54. The number of halogens is 1. The molecule has 0 aromatic heterocycles. The summed E-state index contributed by atoms with van der Waals surface area (Å²) in [5, 5.41) is 15.4. The van der Waals surface area contributed by atoms with E-state index in [4.69, 9.17) is 11.6 Å². The molecule has 0 fully saturated rings. The maximum Gasteiger partial charge on any atom is 0.275 e. The molecule has 1 N–H and O–H groups in total. The monoisotopic (exact) mass is 326 g/mol. The van der Waals surface area contributed by atoms with Crippen molar-refractivity contribution in [2.24, 2.45) is 5.92 Å². The molecule has 4 nitrogen and oxygen atoms in total. The number of hydrogen-bond donors (Lipinski definition) is 1. The molecule has 0 bridgehead atoms. The van der Waals surface area contributed by atoms with E-state index in [1.54, 1.807) is 6.07 Å². The first-order chi connectivity index (χ1) is 11.2. The van der Waals surface area contributed by atoms with Crippen molar-refractivity contribution in [1.29, 1.82) is 0 Å². The predicted molar refractivity (Wildman–Crippen MR) is 90.9 cm³/mol. The fourth-order valence-electron chi connectivity index (χ4n) is 3.80. The minimum absolute atomic E-state index is 0.0237. The number of nitrogens with one attached hydrogen (secondary N) is 1. The summed E-state index contributed by atoms with van der Waals surface area (Å²) in [7, 11) is 0. The van der Waals surface area contributed by atoms with E-state index in [0.29, 0.717) is 16.3 Å². The van der Waals surface area contributed by atoms with Crippen LogP contribution in [0.3, 0.4) is 0 Å². The first kappa shape index (κ1) is 14.3. The molecule has 0 unspecified atom stereocenters. The molecule has 2 aromatic carbocycles. The Morgan fingerprint density at radius 1 is 1.17 bits per heavy atom. The molecule has 116 valence electrons. The Balaban J connectivity index is 1.89. The summed E-state index contributed by atoms with van der Waals surface area (Å²) in [6.07, 6.45) is 5.11. The molecule has 0 radical (unpaired) electrons. The highest BCUT2D eigenvalue weighted by molar-refractivity contribution is 6.33. The molecule has 1 aliphatic carbocycles. The van der Waals surface area contributed by atoms with Crippen molar-refractivity contribution >= 4 is 23.0 Å². The first-order valence-corrected chi connectivity index (χ1v) is 7.99. The number of benzene rings is 2. The van der Waals surface area contributed by atoms with Crippen LogP contribution < -0.4 is 5.32 Å². The molecule has 0 spiro atoms. The van der Waals surface area contributed by atoms with E-state index in [0.717, 1.165) is 6.42 Å². The van der Waals surface area contributed by atoms with Gasteiger partial charge in [0.05, 0.1) is 27.2 Å². The second kappa shape index (κ2) is 5.39. The third kappa shape index (κ3) is 2.21. The number of nitrogens with zero attached hydrogens (tertiary/aromatic N) is 1. The summed E-state index contributed by atoms with van der Waals surface area (Å²) in [5.74, 6) is 0.289. The van der Waals surface area contributed by atoms with Crippen molar-refractivity contribution in [2.75, 3.05) is 5.32 Å². The molecule has 3 atom stereocenters. The zero-order chi connectivity index (χ0) is 16.0. The Kier molecular flexibility index (Phi) is 3.34. The smallest absolute Gasteiger partial charge is 0.275 e. The summed E-state index contributed by atoms with van der Waals surface area (Å²) in [5.41, 5.74) is 2.74. The fraction of sp³-hybridized carbons (Fsp3) is 0.222. The highest BCUT2D eigenvalue weighted by atomic mass is 35.5. The van der Waals surface area contributed by atoms with Crippen LogP contribution in [0.25, 0.3) is 0 Å². The van der Waals surface area contributed by atoms with Gasteiger partial charge in [0, 0.05) is 12.0 Å². The molecule has 1 aliphatic heterocycles. The van der Waals surface area contributed by atoms with Gasteiger partial charge in [-0.2, -0.15) is 0 Å². The zero-order valence-corrected chi connectivity index (χ0v) is 13.0. The maximum atomic E-state index is 11.4. The Hall–Kier alpha value is -2.33. The Labute approximate surface area is 138 Å². The third-order valence-corrected chi connectivity index (χ3v) is 5.12. The number of anilines is 1. The standard InChI is InChI=1S/C18H15ClN2O2/c19-14-9-10-15(21(22)23)16-12-7-4-8-13(12)17(20-18(14)16)11-5-2-1-3-6-11/h1-7,9-10,12-13,17,20H,8H2/t12-,13-,17-/m1/s1. The van der Waals surface area contributed by atoms with Crippen LogP contribution in [0.2, 0.25) is 5.02 Å². The maximum absolute atomic E-state index is 11.4. The van der Waals surface area contributed by atoms with Gasteiger partial charge >= 0.3 is 0 Å². The number of fused-ring (bicyclic) bond motifs is 3. The van der Waals surface area contributed by atoms with Crippen LogP contribution in [0, 0.1) is 16.0 Å². The normalized spacial score (nSPS) is 24.7. The van der Waals surface area contributed by atoms with Gasteiger partial charge in [0.1, 0.15) is 0 Å². The van der Waals surface area contributed by atoms with Gasteiger partial charge in [-0.05, 0) is 24.0 Å². The molecular formula is C18H15ClN2O2. The van der Waals surface area contributed by atoms with E-state index < -0.39 is 0 Å². The van der Waals surface area contributed by atoms with Crippen molar-refractivity contribution < 1.29 is 4.92 Å². The van der Waals surface area contributed by atoms with E-state index in [9.17, 15) is 10.1 Å². The topological polar surface area (TPSA) is 55.2 Å². The molecule has 2 aromatic rings. The minimum atomic E-state index is -0.317. The molecule has 0 saturated carbocycles. The van der Waals surface area contributed by atoms with E-state index >= 15 is 0 Å². The van der Waals surface area contributed by atoms with Crippen LogP contribution in [0.15, 0.2) is 54.6 Å². The quantitative estimate of drug-likeness (QED) is 0.476. The van der Waals surface area contributed by atoms with Gasteiger partial charge in [-0.3, -0.25) is 10.1 Å². The Morgan fingerprint density at radius 3 is 2.70 bits per heavy atom. The van der Waals surface area contributed by atoms with Crippen LogP contribution >= 0.6 is 11.6 Å². The fourth-order valence-corrected chi connectivity index (χ4v) is 4.02. The lowest BCUT2D eigenvalue weighted by atomic mass is 9.76. The predicted octanol–water partition coefficient (Wildman–Crippen LogP) is 5.07. The second-order valence-corrected chi connectivity index (χ2v) is 6.41. The highest BCUT2D eigenvalue weighted by Gasteiger charge is 2.42. The van der Waals surface area contributed by atoms with Crippen molar-refractivity contribution in [2.45, 2.75) is 18.4 Å². The van der Waals surface area contributed by atoms with Gasteiger partial charge in [0.15, 0.2) is 0 Å². The van der Waals surface area contributed by atoms with Gasteiger partial charge < -0.3 is 5.32 Å². The van der Waals surface area contributed by atoms with E-state index in [2.05, 4.69) is 29.6 Å². The van der Waals surface area contributed by atoms with Gasteiger partial charge in [0.25, 0.3) is 5.69 Å². The number of nitro groups is 1. The van der Waals surface area contributed by atoms with Gasteiger partial charge in [-0.1, -0.05) is 54.1 Å². The van der Waals surface area contributed by atoms with Gasteiger partial charge in [0.2, 0.25) is 0 Å². The molecule has 1 heterocycles. The number of nitro benzene ring substituents is 1. The molecule has 5 heteroatoms. The zero-order valence-electron chi connectivity index (χ0n) is 12.3. The summed E-state index contributed by atoms with van der Waals surface area (Å²) in [6, 6.07) is 13.4. The van der Waals surface area contributed by atoms with E-state index in [-0.39, 0.29) is 28.5 Å². The van der Waals surface area contributed by atoms with Gasteiger partial charge in [-0.15, -0.1) is 0 Å². The number of hydrogen-bond acceptors (Lipinski definition) is 3. The number of allylic oxidation sites excluding steroid dienone is 2. The van der Waals surface area contributed by atoms with Crippen molar-refractivity contribution in [3.63, 3.8) is 0 Å². The Morgan fingerprint density at radius 2 is 1.96 bits per heavy atom. The van der Waals surface area contributed by atoms with Crippen LogP contribution in [0.5, 0.6) is 0 Å². The SMILES string of the molecule is O=[N+]([O-])c1ccc(Cl)c2c1[C@@H]1C=CC[C@H]1[C@@H](c1ccccc1)N2. The summed E-state index contributed by atoms with van der Waals surface area (Å²) in [4.78, 5) is 11.1. The average molecular weight is 327 g/mol. The lowest BCUT2D eigenvalue weighted by molar-refractivity contribution is -0.385. The largest absolute Gasteiger partial charge is 0.376 e. The minimum Gasteiger partial charge on any atom is -0.376 e. The Bertz CT molecular complexity index is 804. The molecule has 4 rings (SSSR count). The van der Waals surface area contributed by atoms with Gasteiger partial charge in [-0.25, -0.2) is 0 Å². The average Bonchev–Trinajstić information content (AvgIpc) is 3.05. The lowest BCUT2D eigenvalue weighted by Gasteiger charge is -2.37. The molecule has 0 amide bonds. The molecule has 0 saturated heterocycles. The molecular weight excluding hydrogens is 312 g/mol. The lowest BCUT2D eigenvalue weighted by Crippen LogP contribution is -2.29. The van der Waals surface area contributed by atoms with E-state index in [1.807, 2.05) is 18.2 Å². The molecule has 2 aliphatic rings. The first-order valence-electron chi connectivity index (χ1n) is 7.61. The van der Waals surface area contributed by atoms with Crippen LogP contribution in [0.1, 0.15) is 29.5 Å². The molecule has 23 heavy (non-hydrogen) atoms.